The number of benzene rings is 1. The third-order valence-electron chi connectivity index (χ3n) is 2.91. The van der Waals surface area contributed by atoms with Crippen LogP contribution >= 0.6 is 0 Å². The lowest BCUT2D eigenvalue weighted by Crippen LogP contribution is -2.36. The van der Waals surface area contributed by atoms with Gasteiger partial charge in [0.15, 0.2) is 11.5 Å². The number of rotatable bonds is 8. The second-order valence-corrected chi connectivity index (χ2v) is 4.63. The van der Waals surface area contributed by atoms with E-state index >= 15 is 0 Å². The second-order valence-electron chi connectivity index (χ2n) is 4.63. The van der Waals surface area contributed by atoms with Crippen LogP contribution in [-0.4, -0.2) is 47.0 Å². The predicted octanol–water partition coefficient (Wildman–Crippen LogP) is 1.41. The van der Waals surface area contributed by atoms with Gasteiger partial charge in [-0.2, -0.15) is 0 Å². The maximum Gasteiger partial charge on any atom is 0.224 e. The number of nitrogens with one attached hydrogen (secondary N) is 1. The smallest absolute Gasteiger partial charge is 0.224 e. The summed E-state index contributed by atoms with van der Waals surface area (Å²) in [7, 11) is 6.23. The van der Waals surface area contributed by atoms with Crippen LogP contribution in [0.2, 0.25) is 0 Å². The third kappa shape index (κ3) is 4.82. The molecule has 0 aliphatic heterocycles. The highest BCUT2D eigenvalue weighted by atomic mass is 16.5. The Hall–Kier alpha value is -1.95. The van der Waals surface area contributed by atoms with Gasteiger partial charge < -0.3 is 24.3 Å². The molecule has 0 saturated heterocycles. The van der Waals surface area contributed by atoms with Crippen molar-refractivity contribution in [2.24, 2.45) is 0 Å². The molecule has 21 heavy (non-hydrogen) atoms. The van der Waals surface area contributed by atoms with E-state index in [9.17, 15) is 4.79 Å². The first-order valence-corrected chi connectivity index (χ1v) is 6.62. The third-order valence-corrected chi connectivity index (χ3v) is 2.91. The van der Waals surface area contributed by atoms with E-state index in [4.69, 9.17) is 18.9 Å². The standard InChI is InChI=1S/C15H23NO5/c1-10(9-18-2)16-14(17)8-11-6-12(19-3)15(21-5)13(7-11)20-4/h6-7,10H,8-9H2,1-5H3,(H,16,17)/t10-/m1/s1. The zero-order valence-corrected chi connectivity index (χ0v) is 13.2. The van der Waals surface area contributed by atoms with Crippen molar-refractivity contribution in [2.45, 2.75) is 19.4 Å². The molecule has 1 amide bonds. The Balaban J connectivity index is 2.86. The van der Waals surface area contributed by atoms with Crippen LogP contribution in [0.15, 0.2) is 12.1 Å². The van der Waals surface area contributed by atoms with Crippen molar-refractivity contribution < 1.29 is 23.7 Å². The van der Waals surface area contributed by atoms with E-state index in [1.807, 2.05) is 6.92 Å². The second kappa shape index (κ2) is 8.36. The Kier molecular flexibility index (Phi) is 6.81. The normalized spacial score (nSPS) is 11.7. The van der Waals surface area contributed by atoms with E-state index in [2.05, 4.69) is 5.32 Å². The van der Waals surface area contributed by atoms with E-state index in [1.54, 1.807) is 40.6 Å². The quantitative estimate of drug-likeness (QED) is 0.786. The average molecular weight is 297 g/mol. The molecule has 0 aromatic heterocycles. The van der Waals surface area contributed by atoms with Crippen molar-refractivity contribution in [3.63, 3.8) is 0 Å². The molecule has 118 valence electrons. The van der Waals surface area contributed by atoms with Crippen molar-refractivity contribution in [1.29, 1.82) is 0 Å². The highest BCUT2D eigenvalue weighted by Gasteiger charge is 2.15. The molecule has 1 atom stereocenters. The Labute approximate surface area is 125 Å². The van der Waals surface area contributed by atoms with Gasteiger partial charge in [-0.05, 0) is 24.6 Å². The Bertz CT molecular complexity index is 450. The molecule has 0 radical (unpaired) electrons. The summed E-state index contributed by atoms with van der Waals surface area (Å²) in [4.78, 5) is 12.0. The van der Waals surface area contributed by atoms with Gasteiger partial charge in [0.05, 0.1) is 34.4 Å². The Morgan fingerprint density at radius 1 is 1.10 bits per heavy atom. The van der Waals surface area contributed by atoms with Crippen molar-refractivity contribution in [3.8, 4) is 17.2 Å². The van der Waals surface area contributed by atoms with Crippen LogP contribution < -0.4 is 19.5 Å². The summed E-state index contributed by atoms with van der Waals surface area (Å²) in [5.74, 6) is 1.49. The van der Waals surface area contributed by atoms with Crippen LogP contribution in [0, 0.1) is 0 Å². The Morgan fingerprint density at radius 3 is 2.10 bits per heavy atom. The summed E-state index contributed by atoms with van der Waals surface area (Å²) < 4.78 is 20.8. The monoisotopic (exact) mass is 297 g/mol. The zero-order valence-electron chi connectivity index (χ0n) is 13.2. The maximum atomic E-state index is 12.0. The van der Waals surface area contributed by atoms with Gasteiger partial charge in [-0.15, -0.1) is 0 Å². The van der Waals surface area contributed by atoms with Crippen molar-refractivity contribution in [1.82, 2.24) is 5.32 Å². The number of hydrogen-bond donors (Lipinski definition) is 1. The number of carbonyl (C=O) groups is 1. The molecule has 0 unspecified atom stereocenters. The molecule has 6 nitrogen and oxygen atoms in total. The zero-order chi connectivity index (χ0) is 15.8. The molecule has 6 heteroatoms. The summed E-state index contributed by atoms with van der Waals surface area (Å²) in [6.45, 7) is 2.36. The summed E-state index contributed by atoms with van der Waals surface area (Å²) in [5.41, 5.74) is 0.784. The van der Waals surface area contributed by atoms with Gasteiger partial charge in [0.1, 0.15) is 0 Å². The fraction of sp³-hybridized carbons (Fsp3) is 0.533. The predicted molar refractivity (Wildman–Crippen MR) is 79.3 cm³/mol. The molecule has 0 aliphatic rings. The molecule has 1 aromatic carbocycles. The molecule has 1 aromatic rings. The highest BCUT2D eigenvalue weighted by molar-refractivity contribution is 5.79. The number of carbonyl (C=O) groups excluding carboxylic acids is 1. The van der Waals surface area contributed by atoms with E-state index < -0.39 is 0 Å². The number of methoxy groups -OCH3 is 4. The largest absolute Gasteiger partial charge is 0.493 e. The summed E-state index contributed by atoms with van der Waals surface area (Å²) in [6.07, 6.45) is 0.227. The Morgan fingerprint density at radius 2 is 1.67 bits per heavy atom. The van der Waals surface area contributed by atoms with Gasteiger partial charge in [0.25, 0.3) is 0 Å². The lowest BCUT2D eigenvalue weighted by Gasteiger charge is -2.15. The first-order valence-electron chi connectivity index (χ1n) is 6.62. The van der Waals surface area contributed by atoms with Gasteiger partial charge in [0.2, 0.25) is 11.7 Å². The molecule has 0 fully saturated rings. The van der Waals surface area contributed by atoms with Gasteiger partial charge in [-0.1, -0.05) is 0 Å². The molecule has 0 heterocycles. The number of ether oxygens (including phenoxy) is 4. The van der Waals surface area contributed by atoms with Crippen LogP contribution in [0.25, 0.3) is 0 Å². The van der Waals surface area contributed by atoms with E-state index in [0.29, 0.717) is 23.9 Å². The van der Waals surface area contributed by atoms with E-state index in [0.717, 1.165) is 5.56 Å². The van der Waals surface area contributed by atoms with Crippen molar-refractivity contribution >= 4 is 5.91 Å². The molecule has 0 aliphatic carbocycles. The average Bonchev–Trinajstić information content (AvgIpc) is 2.45. The topological polar surface area (TPSA) is 66.0 Å². The summed E-state index contributed by atoms with van der Waals surface area (Å²) >= 11 is 0. The minimum absolute atomic E-state index is 0.0375. The molecule has 0 bridgehead atoms. The molecule has 0 spiro atoms. The lowest BCUT2D eigenvalue weighted by atomic mass is 10.1. The van der Waals surface area contributed by atoms with Crippen LogP contribution in [-0.2, 0) is 16.0 Å². The van der Waals surface area contributed by atoms with Crippen molar-refractivity contribution in [2.75, 3.05) is 35.0 Å². The fourth-order valence-electron chi connectivity index (χ4n) is 2.04. The van der Waals surface area contributed by atoms with Crippen LogP contribution in [0.1, 0.15) is 12.5 Å². The molecule has 1 rings (SSSR count). The molecule has 1 N–H and O–H groups in total. The number of hydrogen-bond acceptors (Lipinski definition) is 5. The van der Waals surface area contributed by atoms with Gasteiger partial charge >= 0.3 is 0 Å². The minimum Gasteiger partial charge on any atom is -0.493 e. The van der Waals surface area contributed by atoms with E-state index in [1.165, 1.54) is 0 Å². The molecular formula is C15H23NO5. The number of amides is 1. The van der Waals surface area contributed by atoms with Crippen LogP contribution in [0.4, 0.5) is 0 Å². The highest BCUT2D eigenvalue weighted by Crippen LogP contribution is 2.38. The van der Waals surface area contributed by atoms with Gasteiger partial charge in [-0.25, -0.2) is 0 Å². The minimum atomic E-state index is -0.0891. The summed E-state index contributed by atoms with van der Waals surface area (Å²) in [6, 6.07) is 3.49. The van der Waals surface area contributed by atoms with Gasteiger partial charge in [-0.3, -0.25) is 4.79 Å². The van der Waals surface area contributed by atoms with Crippen molar-refractivity contribution in [3.05, 3.63) is 17.7 Å². The van der Waals surface area contributed by atoms with Gasteiger partial charge in [0, 0.05) is 13.2 Å². The first-order chi connectivity index (χ1) is 10.0. The first kappa shape index (κ1) is 17.1. The summed E-state index contributed by atoms with van der Waals surface area (Å²) in [5, 5.41) is 2.86. The maximum absolute atomic E-state index is 12.0. The molecule has 0 saturated carbocycles. The van der Waals surface area contributed by atoms with Crippen LogP contribution in [0.5, 0.6) is 17.2 Å². The SMILES string of the molecule is COC[C@@H](C)NC(=O)Cc1cc(OC)c(OC)c(OC)c1. The van der Waals surface area contributed by atoms with Crippen LogP contribution in [0.3, 0.4) is 0 Å². The lowest BCUT2D eigenvalue weighted by molar-refractivity contribution is -0.121. The van der Waals surface area contributed by atoms with E-state index in [-0.39, 0.29) is 18.4 Å². The molecular weight excluding hydrogens is 274 g/mol. The fourth-order valence-corrected chi connectivity index (χ4v) is 2.04.